The molecule has 0 aromatic carbocycles. The fraction of sp³-hybridized carbons (Fsp3) is 0.696. The second kappa shape index (κ2) is 15.3. The zero-order chi connectivity index (χ0) is 24.8. The van der Waals surface area contributed by atoms with E-state index in [1.54, 1.807) is 0 Å². The average molecular weight is 495 g/mol. The van der Waals surface area contributed by atoms with E-state index in [0.717, 1.165) is 58.0 Å². The molecule has 0 atom stereocenters. The first-order chi connectivity index (χ1) is 16.4. The lowest BCUT2D eigenvalue weighted by atomic mass is 10.1. The van der Waals surface area contributed by atoms with Gasteiger partial charge in [-0.3, -0.25) is 19.9 Å². The Morgan fingerprint density at radius 3 is 2.12 bits per heavy atom. The minimum Gasteiger partial charge on any atom is -0.382 e. The van der Waals surface area contributed by atoms with Crippen molar-refractivity contribution in [3.05, 3.63) is 10.8 Å². The molecule has 0 bridgehead atoms. The van der Waals surface area contributed by atoms with Gasteiger partial charge in [-0.05, 0) is 32.1 Å². The third-order valence-electron chi connectivity index (χ3n) is 5.90. The van der Waals surface area contributed by atoms with Crippen molar-refractivity contribution in [2.24, 2.45) is 10.7 Å². The van der Waals surface area contributed by atoms with Gasteiger partial charge in [-0.25, -0.2) is 9.97 Å². The number of piperidine rings is 1. The van der Waals surface area contributed by atoms with Crippen molar-refractivity contribution in [3.8, 4) is 0 Å². The number of halogens is 1. The average Bonchev–Trinajstić information content (AvgIpc) is 2.82. The van der Waals surface area contributed by atoms with Crippen LogP contribution in [0.2, 0.25) is 5.15 Å². The molecule has 34 heavy (non-hydrogen) atoms. The Balaban J connectivity index is 1.45. The summed E-state index contributed by atoms with van der Waals surface area (Å²) in [5.74, 6) is -0.466. The Bertz CT molecular complexity index is 827. The predicted molar refractivity (Wildman–Crippen MR) is 136 cm³/mol. The summed E-state index contributed by atoms with van der Waals surface area (Å²) in [6.45, 7) is 2.43. The van der Waals surface area contributed by atoms with Crippen LogP contribution in [0.3, 0.4) is 0 Å². The highest BCUT2D eigenvalue weighted by Crippen LogP contribution is 2.17. The number of nitrogens with one attached hydrogen (secondary N) is 1. The molecule has 1 aliphatic heterocycles. The van der Waals surface area contributed by atoms with Crippen LogP contribution in [0, 0.1) is 0 Å². The van der Waals surface area contributed by atoms with Gasteiger partial charge in [-0.2, -0.15) is 0 Å². The summed E-state index contributed by atoms with van der Waals surface area (Å²) in [5.41, 5.74) is 16.8. The molecule has 0 radical (unpaired) electrons. The molecule has 0 aliphatic carbocycles. The van der Waals surface area contributed by atoms with Gasteiger partial charge in [-0.15, -0.1) is 0 Å². The van der Waals surface area contributed by atoms with Gasteiger partial charge < -0.3 is 22.1 Å². The van der Waals surface area contributed by atoms with Crippen molar-refractivity contribution in [3.63, 3.8) is 0 Å². The zero-order valence-electron chi connectivity index (χ0n) is 20.0. The fourth-order valence-electron chi connectivity index (χ4n) is 3.95. The monoisotopic (exact) mass is 494 g/mol. The van der Waals surface area contributed by atoms with E-state index in [-0.39, 0.29) is 28.4 Å². The smallest absolute Gasteiger partial charge is 0.280 e. The SMILES string of the molecule is NC(=NCCCCCCCCCCCC(=O)N1CCCCC1)NC(=O)c1nc(Cl)c(N)nc1N. The van der Waals surface area contributed by atoms with E-state index >= 15 is 0 Å². The number of carbonyl (C=O) groups is 2. The topological polar surface area (TPSA) is 166 Å². The van der Waals surface area contributed by atoms with E-state index in [2.05, 4.69) is 20.3 Å². The number of amides is 2. The number of unbranched alkanes of at least 4 members (excludes halogenated alkanes) is 8. The summed E-state index contributed by atoms with van der Waals surface area (Å²) in [6.07, 6.45) is 14.4. The van der Waals surface area contributed by atoms with Gasteiger partial charge in [0.05, 0.1) is 0 Å². The number of aromatic nitrogens is 2. The molecular weight excluding hydrogens is 456 g/mol. The van der Waals surface area contributed by atoms with Gasteiger partial charge in [0, 0.05) is 26.1 Å². The normalized spacial score (nSPS) is 14.3. The molecule has 10 nitrogen and oxygen atoms in total. The number of anilines is 2. The van der Waals surface area contributed by atoms with E-state index in [1.807, 2.05) is 4.90 Å². The largest absolute Gasteiger partial charge is 0.382 e. The molecule has 2 rings (SSSR count). The molecule has 7 N–H and O–H groups in total. The van der Waals surface area contributed by atoms with E-state index in [4.69, 9.17) is 28.8 Å². The summed E-state index contributed by atoms with van der Waals surface area (Å²) in [5, 5.41) is 2.33. The fourth-order valence-corrected chi connectivity index (χ4v) is 4.08. The highest BCUT2D eigenvalue weighted by molar-refractivity contribution is 6.31. The number of hydrogen-bond donors (Lipinski definition) is 4. The maximum atomic E-state index is 12.2. The number of nitrogen functional groups attached to an aromatic ring is 2. The van der Waals surface area contributed by atoms with Gasteiger partial charge >= 0.3 is 0 Å². The Labute approximate surface area is 207 Å². The summed E-state index contributed by atoms with van der Waals surface area (Å²) < 4.78 is 0. The van der Waals surface area contributed by atoms with Crippen molar-refractivity contribution < 1.29 is 9.59 Å². The summed E-state index contributed by atoms with van der Waals surface area (Å²) >= 11 is 5.78. The highest BCUT2D eigenvalue weighted by Gasteiger charge is 2.17. The summed E-state index contributed by atoms with van der Waals surface area (Å²) in [7, 11) is 0. The number of likely N-dealkylation sites (tertiary alicyclic amines) is 1. The number of nitrogens with two attached hydrogens (primary N) is 3. The van der Waals surface area contributed by atoms with Crippen molar-refractivity contribution in [2.45, 2.75) is 83.5 Å². The molecule has 0 unspecified atom stereocenters. The molecule has 2 heterocycles. The molecule has 0 spiro atoms. The van der Waals surface area contributed by atoms with Crippen LogP contribution in [0.15, 0.2) is 4.99 Å². The first kappa shape index (κ1) is 27.6. The van der Waals surface area contributed by atoms with Crippen LogP contribution in [-0.4, -0.2) is 52.3 Å². The molecule has 2 amide bonds. The van der Waals surface area contributed by atoms with Crippen molar-refractivity contribution in [1.29, 1.82) is 0 Å². The lowest BCUT2D eigenvalue weighted by molar-refractivity contribution is -0.132. The minimum atomic E-state index is -0.635. The van der Waals surface area contributed by atoms with Crippen LogP contribution in [0.1, 0.15) is 94.0 Å². The van der Waals surface area contributed by atoms with Crippen LogP contribution in [0.25, 0.3) is 0 Å². The number of hydrogen-bond acceptors (Lipinski definition) is 7. The van der Waals surface area contributed by atoms with Crippen LogP contribution >= 0.6 is 11.6 Å². The predicted octanol–water partition coefficient (Wildman–Crippen LogP) is 3.25. The number of nitrogens with zero attached hydrogens (tertiary/aromatic N) is 4. The lowest BCUT2D eigenvalue weighted by Gasteiger charge is -2.26. The second-order valence-electron chi connectivity index (χ2n) is 8.73. The molecule has 1 aliphatic rings. The molecule has 1 aromatic heterocycles. The van der Waals surface area contributed by atoms with Gasteiger partial charge in [0.15, 0.2) is 28.4 Å². The van der Waals surface area contributed by atoms with Crippen LogP contribution < -0.4 is 22.5 Å². The zero-order valence-corrected chi connectivity index (χ0v) is 20.8. The van der Waals surface area contributed by atoms with E-state index in [1.165, 1.54) is 32.1 Å². The highest BCUT2D eigenvalue weighted by atomic mass is 35.5. The first-order valence-electron chi connectivity index (χ1n) is 12.4. The second-order valence-corrected chi connectivity index (χ2v) is 9.09. The summed E-state index contributed by atoms with van der Waals surface area (Å²) in [6, 6.07) is 0. The molecule has 1 fully saturated rings. The van der Waals surface area contributed by atoms with E-state index in [0.29, 0.717) is 18.9 Å². The van der Waals surface area contributed by atoms with Gasteiger partial charge in [-0.1, -0.05) is 56.5 Å². The first-order valence-corrected chi connectivity index (χ1v) is 12.7. The van der Waals surface area contributed by atoms with E-state index < -0.39 is 5.91 Å². The van der Waals surface area contributed by atoms with Crippen LogP contribution in [-0.2, 0) is 4.79 Å². The Kier molecular flexibility index (Phi) is 12.4. The number of carbonyl (C=O) groups excluding carboxylic acids is 2. The van der Waals surface area contributed by atoms with Crippen LogP contribution in [0.4, 0.5) is 11.6 Å². The number of rotatable bonds is 13. The van der Waals surface area contributed by atoms with Crippen molar-refractivity contribution >= 4 is 41.0 Å². The Hall–Kier alpha value is -2.62. The minimum absolute atomic E-state index is 0.00193. The van der Waals surface area contributed by atoms with Gasteiger partial charge in [0.1, 0.15) is 0 Å². The maximum Gasteiger partial charge on any atom is 0.280 e. The standard InChI is InChI=1S/C23H39ClN8O2/c24-19-21(26)30-20(25)18(29-19)22(34)31-23(27)28-14-10-7-5-3-1-2-4-6-9-13-17(33)32-15-11-8-12-16-32/h1-16H2,(H4,25,26,30)(H3,27,28,31,34). The lowest BCUT2D eigenvalue weighted by Crippen LogP contribution is -2.38. The van der Waals surface area contributed by atoms with Gasteiger partial charge in [0.25, 0.3) is 5.91 Å². The van der Waals surface area contributed by atoms with E-state index in [9.17, 15) is 9.59 Å². The Morgan fingerprint density at radius 1 is 0.882 bits per heavy atom. The third kappa shape index (κ3) is 10.1. The molecule has 1 saturated heterocycles. The van der Waals surface area contributed by atoms with Gasteiger partial charge in [0.2, 0.25) is 5.91 Å². The molecule has 0 saturated carbocycles. The maximum absolute atomic E-state index is 12.2. The van der Waals surface area contributed by atoms with Crippen LogP contribution in [0.5, 0.6) is 0 Å². The Morgan fingerprint density at radius 2 is 1.47 bits per heavy atom. The molecule has 1 aromatic rings. The number of guanidine groups is 1. The quantitative estimate of drug-likeness (QED) is 0.185. The van der Waals surface area contributed by atoms with Crippen molar-refractivity contribution in [1.82, 2.24) is 20.2 Å². The summed E-state index contributed by atoms with van der Waals surface area (Å²) in [4.78, 5) is 38.1. The molecular formula is C23H39ClN8O2. The third-order valence-corrected chi connectivity index (χ3v) is 6.18. The molecule has 11 heteroatoms. The van der Waals surface area contributed by atoms with Crippen molar-refractivity contribution in [2.75, 3.05) is 31.1 Å². The molecule has 190 valence electrons. The number of aliphatic imine (C=N–C) groups is 1.